The van der Waals surface area contributed by atoms with Crippen LogP contribution in [0.15, 0.2) is 44.5 Å². The van der Waals surface area contributed by atoms with Gasteiger partial charge >= 0.3 is 5.63 Å². The number of benzene rings is 2. The second kappa shape index (κ2) is 6.41. The fraction of sp³-hybridized carbons (Fsp3) is 0.235. The molecule has 0 spiro atoms. The van der Waals surface area contributed by atoms with Crippen molar-refractivity contribution in [1.29, 1.82) is 0 Å². The number of aryl methyl sites for hydroxylation is 1. The van der Waals surface area contributed by atoms with Gasteiger partial charge in [-0.25, -0.2) is 4.79 Å². The number of nitrogens with zero attached hydrogens (tertiary/aromatic N) is 1. The highest BCUT2D eigenvalue weighted by Crippen LogP contribution is 2.42. The van der Waals surface area contributed by atoms with E-state index in [0.717, 1.165) is 5.56 Å². The van der Waals surface area contributed by atoms with E-state index in [2.05, 4.69) is 0 Å². The number of methoxy groups -OCH3 is 3. The van der Waals surface area contributed by atoms with Crippen molar-refractivity contribution >= 4 is 20.9 Å². The Labute approximate surface area is 149 Å². The molecule has 0 unspecified atom stereocenters. The van der Waals surface area contributed by atoms with Crippen molar-refractivity contribution in [2.24, 2.45) is 0 Å². The quantitative estimate of drug-likeness (QED) is 0.670. The highest BCUT2D eigenvalue weighted by atomic mass is 32.2. The summed E-state index contributed by atoms with van der Waals surface area (Å²) in [7, 11) is -0.0258. The van der Waals surface area contributed by atoms with Gasteiger partial charge in [-0.3, -0.25) is 0 Å². The smallest absolute Gasteiger partial charge is 0.370 e. The Morgan fingerprint density at radius 3 is 2.12 bits per heavy atom. The van der Waals surface area contributed by atoms with Crippen LogP contribution in [0.25, 0.3) is 10.9 Å². The Kier molecular flexibility index (Phi) is 4.41. The molecule has 26 heavy (non-hydrogen) atoms. The molecule has 1 aromatic heterocycles. The van der Waals surface area contributed by atoms with Crippen LogP contribution >= 0.6 is 0 Å². The lowest BCUT2D eigenvalue weighted by Gasteiger charge is -2.12. The summed E-state index contributed by atoms with van der Waals surface area (Å²) in [4.78, 5) is 12.3. The monoisotopic (exact) mass is 379 g/mol. The van der Waals surface area contributed by atoms with Gasteiger partial charge in [-0.1, -0.05) is 21.8 Å². The molecular weight excluding hydrogens is 362 g/mol. The first-order valence-corrected chi connectivity index (χ1v) is 8.96. The molecule has 0 atom stereocenters. The van der Waals surface area contributed by atoms with Gasteiger partial charge in [-0.2, -0.15) is 8.42 Å². The zero-order chi connectivity index (χ0) is 19.1. The first kappa shape index (κ1) is 17.9. The van der Waals surface area contributed by atoms with Crippen molar-refractivity contribution < 1.29 is 27.2 Å². The number of hydrogen-bond acceptors (Lipinski definition) is 7. The molecule has 9 heteroatoms. The van der Waals surface area contributed by atoms with E-state index < -0.39 is 15.6 Å². The molecule has 3 aromatic rings. The molecular formula is C17H17NO7S. The van der Waals surface area contributed by atoms with Gasteiger partial charge in [0.25, 0.3) is 10.0 Å². The van der Waals surface area contributed by atoms with Crippen molar-refractivity contribution in [3.8, 4) is 17.2 Å². The van der Waals surface area contributed by atoms with E-state index in [1.54, 1.807) is 12.1 Å². The van der Waals surface area contributed by atoms with E-state index >= 15 is 0 Å². The molecule has 1 heterocycles. The lowest BCUT2D eigenvalue weighted by Crippen LogP contribution is -2.12. The lowest BCUT2D eigenvalue weighted by atomic mass is 10.2. The second-order valence-corrected chi connectivity index (χ2v) is 7.22. The van der Waals surface area contributed by atoms with Crippen LogP contribution in [0, 0.1) is 6.92 Å². The molecule has 0 radical (unpaired) electrons. The summed E-state index contributed by atoms with van der Waals surface area (Å²) < 4.78 is 47.2. The molecule has 2 aromatic carbocycles. The standard InChI is InChI=1S/C17H17NO7S/c1-10-5-7-11(8-6-10)26(20,21)18-12-9-13(22-2)15(23-3)16(24-4)14(12)17(19)25-18/h5-9H,1-4H3. The van der Waals surface area contributed by atoms with Gasteiger partial charge in [-0.15, -0.1) is 0 Å². The van der Waals surface area contributed by atoms with Crippen LogP contribution in [0.2, 0.25) is 0 Å². The summed E-state index contributed by atoms with van der Waals surface area (Å²) in [6.07, 6.45) is 0. The summed E-state index contributed by atoms with van der Waals surface area (Å²) in [6, 6.07) is 7.54. The van der Waals surface area contributed by atoms with Crippen LogP contribution in [0.3, 0.4) is 0 Å². The zero-order valence-electron chi connectivity index (χ0n) is 14.6. The van der Waals surface area contributed by atoms with Gasteiger partial charge in [0.1, 0.15) is 10.9 Å². The van der Waals surface area contributed by atoms with Gasteiger partial charge in [0.05, 0.1) is 26.2 Å². The molecule has 8 nitrogen and oxygen atoms in total. The fourth-order valence-electron chi connectivity index (χ4n) is 2.64. The molecule has 0 saturated heterocycles. The molecule has 0 aliphatic carbocycles. The van der Waals surface area contributed by atoms with Crippen molar-refractivity contribution in [2.45, 2.75) is 11.8 Å². The minimum Gasteiger partial charge on any atom is -0.493 e. The van der Waals surface area contributed by atoms with Crippen molar-refractivity contribution in [2.75, 3.05) is 21.3 Å². The predicted octanol–water partition coefficient (Wildman–Crippen LogP) is 2.17. The average molecular weight is 379 g/mol. The number of fused-ring (bicyclic) bond motifs is 1. The van der Waals surface area contributed by atoms with E-state index in [4.69, 9.17) is 18.7 Å². The molecule has 0 aliphatic heterocycles. The molecule has 138 valence electrons. The van der Waals surface area contributed by atoms with Crippen LogP contribution in [-0.2, 0) is 10.0 Å². The molecule has 0 fully saturated rings. The summed E-state index contributed by atoms with van der Waals surface area (Å²) in [5.74, 6) is 0.402. The van der Waals surface area contributed by atoms with Crippen LogP contribution < -0.4 is 19.8 Å². The van der Waals surface area contributed by atoms with E-state index in [1.165, 1.54) is 39.5 Å². The number of rotatable bonds is 5. The Bertz CT molecular complexity index is 1120. The summed E-state index contributed by atoms with van der Waals surface area (Å²) in [5, 5.41) is -0.0548. The Hall–Kier alpha value is -2.94. The third-order valence-electron chi connectivity index (χ3n) is 3.91. The van der Waals surface area contributed by atoms with E-state index in [9.17, 15) is 13.2 Å². The average Bonchev–Trinajstić information content (AvgIpc) is 2.97. The Morgan fingerprint density at radius 2 is 1.58 bits per heavy atom. The van der Waals surface area contributed by atoms with E-state index in [1.807, 2.05) is 6.92 Å². The molecule has 0 aliphatic rings. The van der Waals surface area contributed by atoms with Crippen molar-refractivity contribution in [1.82, 2.24) is 4.15 Å². The fourth-order valence-corrected chi connectivity index (χ4v) is 3.88. The number of aromatic nitrogens is 1. The third-order valence-corrected chi connectivity index (χ3v) is 5.49. The SMILES string of the molecule is COc1cc2c(c(OC)c1OC)c(=O)on2S(=O)(=O)c1ccc(C)cc1. The minimum atomic E-state index is -4.13. The molecule has 0 saturated carbocycles. The van der Waals surface area contributed by atoms with Gasteiger partial charge in [-0.05, 0) is 19.1 Å². The maximum Gasteiger partial charge on any atom is 0.370 e. The molecule has 0 N–H and O–H groups in total. The molecule has 0 amide bonds. The van der Waals surface area contributed by atoms with Crippen LogP contribution in [0.4, 0.5) is 0 Å². The zero-order valence-corrected chi connectivity index (χ0v) is 15.4. The molecule has 3 rings (SSSR count). The topological polar surface area (TPSA) is 97.0 Å². The van der Waals surface area contributed by atoms with Crippen molar-refractivity contribution in [3.63, 3.8) is 0 Å². The second-order valence-electron chi connectivity index (χ2n) is 5.46. The predicted molar refractivity (Wildman–Crippen MR) is 93.9 cm³/mol. The minimum absolute atomic E-state index is 0.00919. The Balaban J connectivity index is 2.38. The summed E-state index contributed by atoms with van der Waals surface area (Å²) >= 11 is 0. The highest BCUT2D eigenvalue weighted by Gasteiger charge is 2.29. The third kappa shape index (κ3) is 2.60. The van der Waals surface area contributed by atoms with Gasteiger partial charge in [0, 0.05) is 6.07 Å². The van der Waals surface area contributed by atoms with Gasteiger partial charge in [0.15, 0.2) is 11.5 Å². The summed E-state index contributed by atoms with van der Waals surface area (Å²) in [6.45, 7) is 1.84. The van der Waals surface area contributed by atoms with E-state index in [-0.39, 0.29) is 33.0 Å². The number of hydrogen-bond donors (Lipinski definition) is 0. The molecule has 0 bridgehead atoms. The largest absolute Gasteiger partial charge is 0.493 e. The highest BCUT2D eigenvalue weighted by molar-refractivity contribution is 7.90. The normalized spacial score (nSPS) is 11.5. The Morgan fingerprint density at radius 1 is 0.962 bits per heavy atom. The number of ether oxygens (including phenoxy) is 3. The van der Waals surface area contributed by atoms with E-state index in [0.29, 0.717) is 4.15 Å². The van der Waals surface area contributed by atoms with Gasteiger partial charge < -0.3 is 18.7 Å². The van der Waals surface area contributed by atoms with Crippen molar-refractivity contribution in [3.05, 3.63) is 46.3 Å². The van der Waals surface area contributed by atoms with Crippen LogP contribution in [0.1, 0.15) is 5.56 Å². The van der Waals surface area contributed by atoms with Crippen LogP contribution in [0.5, 0.6) is 17.2 Å². The first-order valence-electron chi connectivity index (χ1n) is 7.52. The van der Waals surface area contributed by atoms with Gasteiger partial charge in [0.2, 0.25) is 5.75 Å². The maximum atomic E-state index is 12.9. The first-order chi connectivity index (χ1) is 12.3. The summed E-state index contributed by atoms with van der Waals surface area (Å²) in [5.41, 5.74) is 0.0226. The lowest BCUT2D eigenvalue weighted by molar-refractivity contribution is 0.327. The van der Waals surface area contributed by atoms with Crippen LogP contribution in [-0.4, -0.2) is 33.9 Å². The maximum absolute atomic E-state index is 12.9.